The summed E-state index contributed by atoms with van der Waals surface area (Å²) >= 11 is 1.79. The highest BCUT2D eigenvalue weighted by Gasteiger charge is 2.21. The Labute approximate surface area is 115 Å². The Bertz CT molecular complexity index is 575. The minimum atomic E-state index is -0.425. The van der Waals surface area contributed by atoms with E-state index in [1.165, 1.54) is 16.5 Å². The highest BCUT2D eigenvalue weighted by Crippen LogP contribution is 2.36. The van der Waals surface area contributed by atoms with Crippen LogP contribution in [0.3, 0.4) is 0 Å². The molecule has 0 saturated heterocycles. The Hall–Kier alpha value is -1.55. The van der Waals surface area contributed by atoms with Crippen LogP contribution in [-0.2, 0) is 6.42 Å². The van der Waals surface area contributed by atoms with E-state index < -0.39 is 11.6 Å². The first-order chi connectivity index (χ1) is 9.22. The van der Waals surface area contributed by atoms with Crippen molar-refractivity contribution in [1.82, 2.24) is 0 Å². The molecule has 1 aliphatic rings. The lowest BCUT2D eigenvalue weighted by Gasteiger charge is -2.12. The number of benzene rings is 2. The van der Waals surface area contributed by atoms with E-state index in [1.807, 2.05) is 12.1 Å². The third-order valence-electron chi connectivity index (χ3n) is 3.16. The number of fused-ring (bicyclic) bond motifs is 1. The van der Waals surface area contributed by atoms with Gasteiger partial charge in [0.25, 0.3) is 0 Å². The lowest BCUT2D eigenvalue weighted by atomic mass is 10.1. The van der Waals surface area contributed by atoms with Gasteiger partial charge in [0.15, 0.2) is 0 Å². The Balaban J connectivity index is 1.64. The molecule has 0 saturated carbocycles. The van der Waals surface area contributed by atoms with Gasteiger partial charge in [0.05, 0.1) is 5.69 Å². The van der Waals surface area contributed by atoms with Gasteiger partial charge in [0.1, 0.15) is 11.6 Å². The first kappa shape index (κ1) is 12.5. The fourth-order valence-electron chi connectivity index (χ4n) is 2.22. The van der Waals surface area contributed by atoms with Crippen molar-refractivity contribution in [2.24, 2.45) is 0 Å². The summed E-state index contributed by atoms with van der Waals surface area (Å²) in [6.45, 7) is 0.625. The molecule has 1 nitrogen and oxygen atoms in total. The van der Waals surface area contributed by atoms with E-state index in [1.54, 1.807) is 11.8 Å². The Morgan fingerprint density at radius 2 is 2.00 bits per heavy atom. The lowest BCUT2D eigenvalue weighted by Crippen LogP contribution is -2.16. The largest absolute Gasteiger partial charge is 0.381 e. The normalized spacial score (nSPS) is 17.3. The van der Waals surface area contributed by atoms with Crippen LogP contribution >= 0.6 is 11.8 Å². The fourth-order valence-corrected chi connectivity index (χ4v) is 3.47. The summed E-state index contributed by atoms with van der Waals surface area (Å²) in [5.74, 6) is -0.840. The van der Waals surface area contributed by atoms with E-state index in [0.29, 0.717) is 11.8 Å². The third kappa shape index (κ3) is 2.73. The summed E-state index contributed by atoms with van der Waals surface area (Å²) in [4.78, 5) is 1.29. The number of rotatable bonds is 3. The Morgan fingerprint density at radius 1 is 1.16 bits per heavy atom. The Morgan fingerprint density at radius 3 is 2.84 bits per heavy atom. The molecule has 19 heavy (non-hydrogen) atoms. The molecule has 1 heterocycles. The molecule has 0 spiro atoms. The van der Waals surface area contributed by atoms with Gasteiger partial charge in [-0.25, -0.2) is 8.78 Å². The minimum Gasteiger partial charge on any atom is -0.381 e. The van der Waals surface area contributed by atoms with E-state index >= 15 is 0 Å². The second-order valence-electron chi connectivity index (χ2n) is 4.56. The summed E-state index contributed by atoms with van der Waals surface area (Å²) in [5, 5.41) is 3.36. The van der Waals surface area contributed by atoms with E-state index in [9.17, 15) is 8.78 Å². The molecule has 2 aromatic rings. The highest BCUT2D eigenvalue weighted by molar-refractivity contribution is 8.00. The van der Waals surface area contributed by atoms with Gasteiger partial charge in [-0.1, -0.05) is 18.2 Å². The predicted molar refractivity (Wildman–Crippen MR) is 74.6 cm³/mol. The van der Waals surface area contributed by atoms with Gasteiger partial charge in [-0.05, 0) is 36.2 Å². The zero-order valence-corrected chi connectivity index (χ0v) is 11.0. The average molecular weight is 277 g/mol. The van der Waals surface area contributed by atoms with Crippen molar-refractivity contribution in [2.45, 2.75) is 16.6 Å². The van der Waals surface area contributed by atoms with Gasteiger partial charge in [0.2, 0.25) is 0 Å². The van der Waals surface area contributed by atoms with E-state index in [0.717, 1.165) is 18.6 Å². The summed E-state index contributed by atoms with van der Waals surface area (Å²) < 4.78 is 26.5. The number of nitrogens with one attached hydrogen (secondary N) is 1. The molecule has 0 amide bonds. The molecule has 4 heteroatoms. The second kappa shape index (κ2) is 5.21. The smallest absolute Gasteiger partial charge is 0.146 e. The van der Waals surface area contributed by atoms with Crippen LogP contribution in [0, 0.1) is 11.6 Å². The van der Waals surface area contributed by atoms with Crippen molar-refractivity contribution in [3.63, 3.8) is 0 Å². The van der Waals surface area contributed by atoms with E-state index in [4.69, 9.17) is 0 Å². The van der Waals surface area contributed by atoms with Gasteiger partial charge in [-0.15, -0.1) is 11.8 Å². The summed E-state index contributed by atoms with van der Waals surface area (Å²) in [7, 11) is 0. The van der Waals surface area contributed by atoms with Crippen molar-refractivity contribution < 1.29 is 8.78 Å². The maximum absolute atomic E-state index is 13.5. The van der Waals surface area contributed by atoms with Gasteiger partial charge < -0.3 is 5.32 Å². The number of hydrogen-bond donors (Lipinski definition) is 1. The molecule has 2 aromatic carbocycles. The highest BCUT2D eigenvalue weighted by atomic mass is 32.2. The zero-order valence-electron chi connectivity index (χ0n) is 10.2. The average Bonchev–Trinajstić information content (AvgIpc) is 2.82. The second-order valence-corrected chi connectivity index (χ2v) is 5.90. The van der Waals surface area contributed by atoms with Gasteiger partial charge in [-0.2, -0.15) is 0 Å². The molecule has 0 aliphatic carbocycles. The molecule has 3 rings (SSSR count). The van der Waals surface area contributed by atoms with E-state index in [-0.39, 0.29) is 5.69 Å². The number of halogens is 2. The standard InChI is InChI=1S/C15H13F2NS/c16-11-5-6-13(17)14(8-11)18-9-12-7-10-3-1-2-4-15(10)19-12/h1-6,8,12,18H,7,9H2. The quantitative estimate of drug-likeness (QED) is 0.906. The van der Waals surface area contributed by atoms with Crippen LogP contribution in [0.15, 0.2) is 47.4 Å². The maximum atomic E-state index is 13.5. The predicted octanol–water partition coefficient (Wildman–Crippen LogP) is 4.09. The van der Waals surface area contributed by atoms with Crippen molar-refractivity contribution in [3.8, 4) is 0 Å². The summed E-state index contributed by atoms with van der Waals surface area (Å²) in [6.07, 6.45) is 0.963. The molecule has 1 N–H and O–H groups in total. The van der Waals surface area contributed by atoms with Crippen LogP contribution in [0.5, 0.6) is 0 Å². The fraction of sp³-hybridized carbons (Fsp3) is 0.200. The lowest BCUT2D eigenvalue weighted by molar-refractivity contribution is 0.602. The van der Waals surface area contributed by atoms with Gasteiger partial charge in [0, 0.05) is 16.7 Å². The third-order valence-corrected chi connectivity index (χ3v) is 4.48. The van der Waals surface area contributed by atoms with Crippen molar-refractivity contribution in [1.29, 1.82) is 0 Å². The molecule has 0 aromatic heterocycles. The molecule has 1 aliphatic heterocycles. The van der Waals surface area contributed by atoms with Crippen LogP contribution in [0.4, 0.5) is 14.5 Å². The van der Waals surface area contributed by atoms with Gasteiger partial charge >= 0.3 is 0 Å². The van der Waals surface area contributed by atoms with Gasteiger partial charge in [-0.3, -0.25) is 0 Å². The van der Waals surface area contributed by atoms with Crippen LogP contribution < -0.4 is 5.32 Å². The molecular weight excluding hydrogens is 264 g/mol. The van der Waals surface area contributed by atoms with Crippen LogP contribution in [0.1, 0.15) is 5.56 Å². The number of hydrogen-bond acceptors (Lipinski definition) is 2. The molecule has 0 radical (unpaired) electrons. The summed E-state index contributed by atoms with van der Waals surface area (Å²) in [6, 6.07) is 11.7. The molecular formula is C15H13F2NS. The molecule has 0 fully saturated rings. The number of anilines is 1. The summed E-state index contributed by atoms with van der Waals surface area (Å²) in [5.41, 5.74) is 1.57. The monoisotopic (exact) mass is 277 g/mol. The molecule has 1 unspecified atom stereocenters. The number of thioether (sulfide) groups is 1. The molecule has 98 valence electrons. The maximum Gasteiger partial charge on any atom is 0.146 e. The first-order valence-electron chi connectivity index (χ1n) is 6.16. The van der Waals surface area contributed by atoms with Crippen LogP contribution in [0.2, 0.25) is 0 Å². The first-order valence-corrected chi connectivity index (χ1v) is 7.04. The van der Waals surface area contributed by atoms with Crippen LogP contribution in [0.25, 0.3) is 0 Å². The molecule has 1 atom stereocenters. The zero-order chi connectivity index (χ0) is 13.2. The van der Waals surface area contributed by atoms with Crippen molar-refractivity contribution in [2.75, 3.05) is 11.9 Å². The van der Waals surface area contributed by atoms with E-state index in [2.05, 4.69) is 17.4 Å². The topological polar surface area (TPSA) is 12.0 Å². The Kier molecular flexibility index (Phi) is 3.42. The SMILES string of the molecule is Fc1ccc(F)c(NCC2Cc3ccccc3S2)c1. The van der Waals surface area contributed by atoms with Crippen molar-refractivity contribution >= 4 is 17.4 Å². The van der Waals surface area contributed by atoms with Crippen LogP contribution in [-0.4, -0.2) is 11.8 Å². The minimum absolute atomic E-state index is 0.233. The molecule has 0 bridgehead atoms. The van der Waals surface area contributed by atoms with Crippen molar-refractivity contribution in [3.05, 3.63) is 59.7 Å².